The number of benzene rings is 4. The predicted molar refractivity (Wildman–Crippen MR) is 126 cm³/mol. The lowest BCUT2D eigenvalue weighted by Crippen LogP contribution is -2.25. The predicted octanol–water partition coefficient (Wildman–Crippen LogP) is 7.05. The Kier molecular flexibility index (Phi) is 6.19. The molecule has 4 aromatic carbocycles. The molecule has 0 bridgehead atoms. The standard InChI is InChI=1S/C27H22N2O2/c1-21(23-14-11-15-24(20-23)22-12-5-2-6-13-22)28-31-27(30)29(25-16-7-3-8-17-25)26-18-9-4-10-19-26/h2-20H,1H3/b28-21-. The number of oxime groups is 1. The van der Waals surface area contributed by atoms with Gasteiger partial charge in [-0.15, -0.1) is 0 Å². The molecule has 4 rings (SSSR count). The molecule has 1 amide bonds. The van der Waals surface area contributed by atoms with Crippen molar-refractivity contribution in [3.63, 3.8) is 0 Å². The number of rotatable bonds is 5. The molecule has 152 valence electrons. The molecule has 4 heteroatoms. The maximum Gasteiger partial charge on any atom is 0.445 e. The van der Waals surface area contributed by atoms with Crippen LogP contribution in [0.3, 0.4) is 0 Å². The summed E-state index contributed by atoms with van der Waals surface area (Å²) < 4.78 is 0. The molecule has 31 heavy (non-hydrogen) atoms. The molecular weight excluding hydrogens is 384 g/mol. The normalized spacial score (nSPS) is 11.1. The van der Waals surface area contributed by atoms with Crippen LogP contribution in [0.4, 0.5) is 16.2 Å². The Balaban J connectivity index is 1.57. The number of hydrogen-bond donors (Lipinski definition) is 0. The zero-order valence-electron chi connectivity index (χ0n) is 17.2. The Morgan fingerprint density at radius 2 is 1.19 bits per heavy atom. The van der Waals surface area contributed by atoms with Crippen LogP contribution < -0.4 is 4.90 Å². The number of para-hydroxylation sites is 2. The molecule has 0 fully saturated rings. The zero-order valence-corrected chi connectivity index (χ0v) is 17.2. The van der Waals surface area contributed by atoms with Crippen LogP contribution in [-0.2, 0) is 4.84 Å². The fraction of sp³-hybridized carbons (Fsp3) is 0.0370. The monoisotopic (exact) mass is 406 g/mol. The largest absolute Gasteiger partial charge is 0.445 e. The second-order valence-electron chi connectivity index (χ2n) is 6.99. The first-order valence-electron chi connectivity index (χ1n) is 10.0. The molecular formula is C27H22N2O2. The average molecular weight is 406 g/mol. The summed E-state index contributed by atoms with van der Waals surface area (Å²) in [4.78, 5) is 19.8. The molecule has 0 N–H and O–H groups in total. The van der Waals surface area contributed by atoms with E-state index in [9.17, 15) is 4.79 Å². The molecule has 0 saturated carbocycles. The number of carbonyl (C=O) groups is 1. The second kappa shape index (κ2) is 9.55. The lowest BCUT2D eigenvalue weighted by atomic mass is 10.0. The van der Waals surface area contributed by atoms with Crippen molar-refractivity contribution < 1.29 is 9.63 Å². The highest BCUT2D eigenvalue weighted by Gasteiger charge is 2.19. The molecule has 0 aromatic heterocycles. The Bertz CT molecular complexity index is 1130. The minimum atomic E-state index is -0.573. The maximum atomic E-state index is 13.0. The summed E-state index contributed by atoms with van der Waals surface area (Å²) in [7, 11) is 0. The van der Waals surface area contributed by atoms with Gasteiger partial charge in [0.05, 0.1) is 17.1 Å². The molecule has 0 aliphatic heterocycles. The van der Waals surface area contributed by atoms with E-state index in [4.69, 9.17) is 4.84 Å². The summed E-state index contributed by atoms with van der Waals surface area (Å²) in [5.74, 6) is 0. The topological polar surface area (TPSA) is 41.9 Å². The van der Waals surface area contributed by atoms with E-state index in [1.54, 1.807) is 0 Å². The van der Waals surface area contributed by atoms with Crippen molar-refractivity contribution in [1.29, 1.82) is 0 Å². The third-order valence-corrected chi connectivity index (χ3v) is 4.86. The summed E-state index contributed by atoms with van der Waals surface area (Å²) in [5.41, 5.74) is 5.12. The van der Waals surface area contributed by atoms with E-state index in [0.29, 0.717) is 17.1 Å². The SMILES string of the molecule is C/C(=N/OC(=O)N(c1ccccc1)c1ccccc1)c1cccc(-c2ccccc2)c1. The van der Waals surface area contributed by atoms with E-state index in [1.807, 2.05) is 110 Å². The molecule has 0 radical (unpaired) electrons. The van der Waals surface area contributed by atoms with Gasteiger partial charge in [-0.1, -0.05) is 90.1 Å². The van der Waals surface area contributed by atoms with Gasteiger partial charge in [0.1, 0.15) is 0 Å². The van der Waals surface area contributed by atoms with Crippen LogP contribution >= 0.6 is 0 Å². The number of carbonyl (C=O) groups excluding carboxylic acids is 1. The summed E-state index contributed by atoms with van der Waals surface area (Å²) in [6.07, 6.45) is -0.573. The summed E-state index contributed by atoms with van der Waals surface area (Å²) in [6, 6.07) is 36.9. The Morgan fingerprint density at radius 1 is 0.677 bits per heavy atom. The highest BCUT2D eigenvalue weighted by atomic mass is 16.7. The van der Waals surface area contributed by atoms with Crippen molar-refractivity contribution >= 4 is 23.2 Å². The van der Waals surface area contributed by atoms with Gasteiger partial charge in [-0.25, -0.2) is 9.69 Å². The third kappa shape index (κ3) is 4.87. The molecule has 0 heterocycles. The third-order valence-electron chi connectivity index (χ3n) is 4.86. The van der Waals surface area contributed by atoms with Crippen LogP contribution in [0, 0.1) is 0 Å². The van der Waals surface area contributed by atoms with Gasteiger partial charge in [0.15, 0.2) is 0 Å². The molecule has 0 spiro atoms. The molecule has 0 aliphatic rings. The number of amides is 1. The van der Waals surface area contributed by atoms with E-state index in [2.05, 4.69) is 17.3 Å². The Hall–Kier alpha value is -4.18. The van der Waals surface area contributed by atoms with Crippen molar-refractivity contribution in [1.82, 2.24) is 0 Å². The zero-order chi connectivity index (χ0) is 21.5. The van der Waals surface area contributed by atoms with Crippen LogP contribution in [0.2, 0.25) is 0 Å². The van der Waals surface area contributed by atoms with Crippen LogP contribution in [0.5, 0.6) is 0 Å². The van der Waals surface area contributed by atoms with E-state index in [-0.39, 0.29) is 0 Å². The fourth-order valence-electron chi connectivity index (χ4n) is 3.27. The van der Waals surface area contributed by atoms with Crippen molar-refractivity contribution in [3.05, 3.63) is 121 Å². The average Bonchev–Trinajstić information content (AvgIpc) is 2.85. The molecule has 0 unspecified atom stereocenters. The minimum absolute atomic E-state index is 0.573. The van der Waals surface area contributed by atoms with Gasteiger partial charge in [-0.2, -0.15) is 0 Å². The molecule has 0 aliphatic carbocycles. The molecule has 4 aromatic rings. The fourth-order valence-corrected chi connectivity index (χ4v) is 3.27. The van der Waals surface area contributed by atoms with E-state index >= 15 is 0 Å². The highest BCUT2D eigenvalue weighted by molar-refractivity contribution is 6.01. The number of nitrogens with zero attached hydrogens (tertiary/aromatic N) is 2. The van der Waals surface area contributed by atoms with Crippen molar-refractivity contribution in [2.45, 2.75) is 6.92 Å². The van der Waals surface area contributed by atoms with Crippen molar-refractivity contribution in [3.8, 4) is 11.1 Å². The highest BCUT2D eigenvalue weighted by Crippen LogP contribution is 2.26. The molecule has 4 nitrogen and oxygen atoms in total. The number of hydrogen-bond acceptors (Lipinski definition) is 3. The van der Waals surface area contributed by atoms with Gasteiger partial charge in [-0.3, -0.25) is 4.84 Å². The van der Waals surface area contributed by atoms with Crippen molar-refractivity contribution in [2.75, 3.05) is 4.90 Å². The Morgan fingerprint density at radius 3 is 1.77 bits per heavy atom. The quantitative estimate of drug-likeness (QED) is 0.202. The van der Waals surface area contributed by atoms with Crippen LogP contribution in [0.25, 0.3) is 11.1 Å². The van der Waals surface area contributed by atoms with Gasteiger partial charge in [0, 0.05) is 0 Å². The van der Waals surface area contributed by atoms with Gasteiger partial charge in [-0.05, 0) is 53.9 Å². The first-order chi connectivity index (χ1) is 15.2. The summed E-state index contributed by atoms with van der Waals surface area (Å²) in [6.45, 7) is 1.83. The summed E-state index contributed by atoms with van der Waals surface area (Å²) in [5, 5.41) is 4.13. The number of anilines is 2. The first-order valence-corrected chi connectivity index (χ1v) is 10.0. The van der Waals surface area contributed by atoms with Crippen molar-refractivity contribution in [2.24, 2.45) is 5.16 Å². The lowest BCUT2D eigenvalue weighted by Gasteiger charge is -2.20. The van der Waals surface area contributed by atoms with Gasteiger partial charge >= 0.3 is 6.09 Å². The van der Waals surface area contributed by atoms with Gasteiger partial charge < -0.3 is 0 Å². The van der Waals surface area contributed by atoms with Crippen LogP contribution in [0.1, 0.15) is 12.5 Å². The lowest BCUT2D eigenvalue weighted by molar-refractivity contribution is 0.161. The molecule has 0 saturated heterocycles. The van der Waals surface area contributed by atoms with Crippen LogP contribution in [-0.4, -0.2) is 11.8 Å². The second-order valence-corrected chi connectivity index (χ2v) is 6.99. The van der Waals surface area contributed by atoms with Gasteiger partial charge in [0.2, 0.25) is 0 Å². The maximum absolute atomic E-state index is 13.0. The van der Waals surface area contributed by atoms with E-state index in [1.165, 1.54) is 4.90 Å². The smallest absolute Gasteiger partial charge is 0.297 e. The van der Waals surface area contributed by atoms with Gasteiger partial charge in [0.25, 0.3) is 0 Å². The van der Waals surface area contributed by atoms with E-state index in [0.717, 1.165) is 16.7 Å². The first kappa shape index (κ1) is 20.1. The van der Waals surface area contributed by atoms with Crippen LogP contribution in [0.15, 0.2) is 120 Å². The van der Waals surface area contributed by atoms with E-state index < -0.39 is 6.09 Å². The minimum Gasteiger partial charge on any atom is -0.297 e. The molecule has 0 atom stereocenters. The Labute approximate surface area is 182 Å². The summed E-state index contributed by atoms with van der Waals surface area (Å²) >= 11 is 0.